The van der Waals surface area contributed by atoms with E-state index in [1.165, 1.54) is 0 Å². The molecule has 0 aliphatic carbocycles. The van der Waals surface area contributed by atoms with Gasteiger partial charge in [-0.05, 0) is 18.1 Å². The van der Waals surface area contributed by atoms with Crippen LogP contribution in [0.4, 0.5) is 5.82 Å². The maximum absolute atomic E-state index is 11.2. The van der Waals surface area contributed by atoms with E-state index >= 15 is 0 Å². The van der Waals surface area contributed by atoms with Crippen LogP contribution in [0, 0.1) is 0 Å². The van der Waals surface area contributed by atoms with Crippen molar-refractivity contribution in [2.75, 3.05) is 11.0 Å². The molecule has 0 saturated heterocycles. The molecule has 17 heavy (non-hydrogen) atoms. The first-order chi connectivity index (χ1) is 7.92. The van der Waals surface area contributed by atoms with E-state index in [0.717, 1.165) is 23.8 Å². The molecule has 0 aliphatic rings. The second-order valence-corrected chi connectivity index (χ2v) is 5.91. The van der Waals surface area contributed by atoms with Crippen LogP contribution >= 0.6 is 11.6 Å². The molecule has 0 amide bonds. The van der Waals surface area contributed by atoms with Crippen molar-refractivity contribution in [3.63, 3.8) is 0 Å². The lowest BCUT2D eigenvalue weighted by Crippen LogP contribution is -2.10. The Morgan fingerprint density at radius 2 is 2.18 bits per heavy atom. The molecule has 0 bridgehead atoms. The Kier molecular flexibility index (Phi) is 3.01. The molecule has 0 saturated carbocycles. The lowest BCUT2D eigenvalue weighted by atomic mass is 10.1. The standard InChI is InChI=1S/C10H12ClN3O2S/c1-3-6-4-5-7(11)8-9(6)12-13-10(8)14-17(2,15)16/h4-5H,3H2,1-2H3,(H2,12,13,14). The Labute approximate surface area is 104 Å². The number of rotatable bonds is 3. The molecule has 7 heteroatoms. The second kappa shape index (κ2) is 4.19. The van der Waals surface area contributed by atoms with E-state index < -0.39 is 10.0 Å². The maximum Gasteiger partial charge on any atom is 0.231 e. The number of sulfonamides is 1. The summed E-state index contributed by atoms with van der Waals surface area (Å²) in [5, 5.41) is 7.84. The summed E-state index contributed by atoms with van der Waals surface area (Å²) in [6, 6.07) is 3.64. The average Bonchev–Trinajstić information content (AvgIpc) is 2.61. The largest absolute Gasteiger partial charge is 0.275 e. The number of fused-ring (bicyclic) bond motifs is 1. The summed E-state index contributed by atoms with van der Waals surface area (Å²) in [6.45, 7) is 2.01. The topological polar surface area (TPSA) is 74.8 Å². The third-order valence-electron chi connectivity index (χ3n) is 2.42. The Hall–Kier alpha value is -1.27. The first-order valence-corrected chi connectivity index (χ1v) is 7.32. The number of benzene rings is 1. The molecule has 92 valence electrons. The normalized spacial score (nSPS) is 11.9. The lowest BCUT2D eigenvalue weighted by Gasteiger charge is -2.03. The van der Waals surface area contributed by atoms with Crippen molar-refractivity contribution in [1.29, 1.82) is 0 Å². The van der Waals surface area contributed by atoms with Gasteiger partial charge in [-0.2, -0.15) is 5.10 Å². The Balaban J connectivity index is 2.67. The summed E-state index contributed by atoms with van der Waals surface area (Å²) < 4.78 is 24.7. The number of aromatic nitrogens is 2. The van der Waals surface area contributed by atoms with Gasteiger partial charge < -0.3 is 0 Å². The van der Waals surface area contributed by atoms with Crippen LogP contribution in [-0.4, -0.2) is 24.9 Å². The van der Waals surface area contributed by atoms with Gasteiger partial charge in [0.15, 0.2) is 5.82 Å². The highest BCUT2D eigenvalue weighted by Crippen LogP contribution is 2.31. The van der Waals surface area contributed by atoms with Gasteiger partial charge in [0.25, 0.3) is 0 Å². The molecule has 5 nitrogen and oxygen atoms in total. The average molecular weight is 274 g/mol. The molecule has 1 aromatic carbocycles. The van der Waals surface area contributed by atoms with Crippen LogP contribution in [-0.2, 0) is 16.4 Å². The van der Waals surface area contributed by atoms with Crippen molar-refractivity contribution in [2.45, 2.75) is 13.3 Å². The summed E-state index contributed by atoms with van der Waals surface area (Å²) >= 11 is 6.07. The van der Waals surface area contributed by atoms with Gasteiger partial charge in [0.1, 0.15) is 0 Å². The highest BCUT2D eigenvalue weighted by atomic mass is 35.5. The van der Waals surface area contributed by atoms with Gasteiger partial charge in [-0.25, -0.2) is 8.42 Å². The van der Waals surface area contributed by atoms with Crippen LogP contribution in [0.1, 0.15) is 12.5 Å². The van der Waals surface area contributed by atoms with Gasteiger partial charge in [-0.15, -0.1) is 0 Å². The molecule has 1 heterocycles. The lowest BCUT2D eigenvalue weighted by molar-refractivity contribution is 0.606. The Morgan fingerprint density at radius 1 is 1.47 bits per heavy atom. The number of aromatic amines is 1. The highest BCUT2D eigenvalue weighted by Gasteiger charge is 2.14. The molecule has 2 N–H and O–H groups in total. The minimum Gasteiger partial charge on any atom is -0.275 e. The van der Waals surface area contributed by atoms with Crippen LogP contribution in [0.3, 0.4) is 0 Å². The van der Waals surface area contributed by atoms with E-state index in [-0.39, 0.29) is 5.82 Å². The molecule has 0 spiro atoms. The van der Waals surface area contributed by atoms with Crippen molar-refractivity contribution in [3.05, 3.63) is 22.7 Å². The molecule has 0 radical (unpaired) electrons. The predicted molar refractivity (Wildman–Crippen MR) is 68.9 cm³/mol. The predicted octanol–water partition coefficient (Wildman–Crippen LogP) is 2.15. The highest BCUT2D eigenvalue weighted by molar-refractivity contribution is 7.92. The minimum absolute atomic E-state index is 0.239. The fourth-order valence-corrected chi connectivity index (χ4v) is 2.44. The third kappa shape index (κ3) is 2.37. The number of H-pyrrole nitrogens is 1. The molecule has 0 atom stereocenters. The molecular weight excluding hydrogens is 262 g/mol. The fourth-order valence-electron chi connectivity index (χ4n) is 1.69. The Bertz CT molecular complexity index is 663. The number of nitrogens with zero attached hydrogens (tertiary/aromatic N) is 1. The fraction of sp³-hybridized carbons (Fsp3) is 0.300. The summed E-state index contributed by atoms with van der Waals surface area (Å²) in [6.07, 6.45) is 1.89. The zero-order valence-electron chi connectivity index (χ0n) is 9.41. The Morgan fingerprint density at radius 3 is 2.76 bits per heavy atom. The van der Waals surface area contributed by atoms with E-state index in [0.29, 0.717) is 10.4 Å². The first kappa shape index (κ1) is 12.2. The van der Waals surface area contributed by atoms with E-state index in [2.05, 4.69) is 14.9 Å². The molecular formula is C10H12ClN3O2S. The summed E-state index contributed by atoms with van der Waals surface area (Å²) in [5.74, 6) is 0.239. The van der Waals surface area contributed by atoms with Crippen molar-refractivity contribution < 1.29 is 8.42 Å². The molecule has 1 aromatic heterocycles. The summed E-state index contributed by atoms with van der Waals surface area (Å²) in [4.78, 5) is 0. The van der Waals surface area contributed by atoms with Gasteiger partial charge in [-0.1, -0.05) is 24.6 Å². The van der Waals surface area contributed by atoms with Crippen molar-refractivity contribution in [2.24, 2.45) is 0 Å². The van der Waals surface area contributed by atoms with Gasteiger partial charge in [-0.3, -0.25) is 9.82 Å². The second-order valence-electron chi connectivity index (χ2n) is 3.76. The summed E-state index contributed by atoms with van der Waals surface area (Å²) in [5.41, 5.74) is 1.81. The van der Waals surface area contributed by atoms with E-state index in [9.17, 15) is 8.42 Å². The van der Waals surface area contributed by atoms with Crippen molar-refractivity contribution >= 4 is 38.3 Å². The molecule has 0 fully saturated rings. The van der Waals surface area contributed by atoms with Crippen LogP contribution in [0.15, 0.2) is 12.1 Å². The minimum atomic E-state index is -3.37. The van der Waals surface area contributed by atoms with Crippen LogP contribution in [0.25, 0.3) is 10.9 Å². The van der Waals surface area contributed by atoms with Gasteiger partial charge >= 0.3 is 0 Å². The number of halogens is 1. The molecule has 2 rings (SSSR count). The summed E-state index contributed by atoms with van der Waals surface area (Å²) in [7, 11) is -3.37. The quantitative estimate of drug-likeness (QED) is 0.900. The maximum atomic E-state index is 11.2. The van der Waals surface area contributed by atoms with E-state index in [1.54, 1.807) is 6.07 Å². The third-order valence-corrected chi connectivity index (χ3v) is 3.30. The van der Waals surface area contributed by atoms with Crippen LogP contribution in [0.5, 0.6) is 0 Å². The number of hydrogen-bond acceptors (Lipinski definition) is 3. The van der Waals surface area contributed by atoms with Crippen LogP contribution < -0.4 is 4.72 Å². The zero-order valence-corrected chi connectivity index (χ0v) is 11.0. The van der Waals surface area contributed by atoms with Crippen LogP contribution in [0.2, 0.25) is 5.02 Å². The SMILES string of the molecule is CCc1ccc(Cl)c2c(NS(C)(=O)=O)n[nH]c12. The van der Waals surface area contributed by atoms with Gasteiger partial charge in [0.05, 0.1) is 22.2 Å². The molecule has 0 aliphatic heterocycles. The smallest absolute Gasteiger partial charge is 0.231 e. The number of aryl methyl sites for hydroxylation is 1. The number of nitrogens with one attached hydrogen (secondary N) is 2. The monoisotopic (exact) mass is 273 g/mol. The number of anilines is 1. The number of hydrogen-bond donors (Lipinski definition) is 2. The van der Waals surface area contributed by atoms with Gasteiger partial charge in [0.2, 0.25) is 10.0 Å². The van der Waals surface area contributed by atoms with E-state index in [1.807, 2.05) is 13.0 Å². The van der Waals surface area contributed by atoms with Crippen molar-refractivity contribution in [1.82, 2.24) is 10.2 Å². The molecule has 0 unspecified atom stereocenters. The van der Waals surface area contributed by atoms with Crippen molar-refractivity contribution in [3.8, 4) is 0 Å². The zero-order chi connectivity index (χ0) is 12.6. The first-order valence-electron chi connectivity index (χ1n) is 5.05. The van der Waals surface area contributed by atoms with E-state index in [4.69, 9.17) is 11.6 Å². The molecule has 2 aromatic rings. The van der Waals surface area contributed by atoms with Gasteiger partial charge in [0, 0.05) is 0 Å².